The molecule has 0 spiro atoms. The second-order valence-corrected chi connectivity index (χ2v) is 6.77. The molecule has 142 valence electrons. The van der Waals surface area contributed by atoms with Crippen LogP contribution in [0.4, 0.5) is 10.1 Å². The summed E-state index contributed by atoms with van der Waals surface area (Å²) in [5.41, 5.74) is 2.49. The van der Waals surface area contributed by atoms with E-state index in [0.29, 0.717) is 33.5 Å². The van der Waals surface area contributed by atoms with Crippen molar-refractivity contribution in [3.63, 3.8) is 0 Å². The summed E-state index contributed by atoms with van der Waals surface area (Å²) in [7, 11) is 3.09. The van der Waals surface area contributed by atoms with Crippen LogP contribution in [0.25, 0.3) is 16.2 Å². The molecule has 0 aliphatic rings. The number of carbonyl (C=O) groups excluding carboxylic acids is 1. The number of hydrogen-bond donors (Lipinski definition) is 1. The molecule has 2 aromatic heterocycles. The highest BCUT2D eigenvalue weighted by Crippen LogP contribution is 2.30. The summed E-state index contributed by atoms with van der Waals surface area (Å²) >= 11 is 1.36. The van der Waals surface area contributed by atoms with Gasteiger partial charge in [-0.1, -0.05) is 0 Å². The van der Waals surface area contributed by atoms with Crippen molar-refractivity contribution >= 4 is 27.9 Å². The Morgan fingerprint density at radius 1 is 1.11 bits per heavy atom. The average Bonchev–Trinajstić information content (AvgIpc) is 3.29. The van der Waals surface area contributed by atoms with Crippen LogP contribution in [-0.2, 0) is 0 Å². The molecule has 0 aliphatic carbocycles. The van der Waals surface area contributed by atoms with Gasteiger partial charge in [-0.2, -0.15) is 0 Å². The molecular weight excluding hydrogens is 381 g/mol. The number of ether oxygens (including phenoxy) is 2. The molecule has 0 radical (unpaired) electrons. The third-order valence-electron chi connectivity index (χ3n) is 4.22. The lowest BCUT2D eigenvalue weighted by molar-refractivity contribution is 0.102. The number of nitrogens with zero attached hydrogens (tertiary/aromatic N) is 2. The van der Waals surface area contributed by atoms with Crippen LogP contribution in [-0.4, -0.2) is 29.5 Å². The fraction of sp³-hybridized carbons (Fsp3) is 0.100. The quantitative estimate of drug-likeness (QED) is 0.540. The number of anilines is 1. The molecule has 0 unspecified atom stereocenters. The fourth-order valence-corrected chi connectivity index (χ4v) is 3.67. The molecule has 1 amide bonds. The van der Waals surface area contributed by atoms with E-state index in [2.05, 4.69) is 10.3 Å². The topological polar surface area (TPSA) is 64.9 Å². The Balaban J connectivity index is 1.62. The molecule has 2 heterocycles. The maximum atomic E-state index is 13.1. The van der Waals surface area contributed by atoms with E-state index in [4.69, 9.17) is 9.47 Å². The van der Waals surface area contributed by atoms with Gasteiger partial charge in [0.1, 0.15) is 11.5 Å². The molecule has 4 aromatic rings. The number of thiazole rings is 1. The van der Waals surface area contributed by atoms with Crippen molar-refractivity contribution in [3.8, 4) is 22.8 Å². The molecule has 0 aliphatic heterocycles. The lowest BCUT2D eigenvalue weighted by Gasteiger charge is -2.10. The van der Waals surface area contributed by atoms with Crippen molar-refractivity contribution in [1.29, 1.82) is 0 Å². The summed E-state index contributed by atoms with van der Waals surface area (Å²) in [5.74, 6) is 0.523. The fourth-order valence-electron chi connectivity index (χ4n) is 2.82. The van der Waals surface area contributed by atoms with Gasteiger partial charge in [0.25, 0.3) is 5.91 Å². The second-order valence-electron chi connectivity index (χ2n) is 5.93. The first-order chi connectivity index (χ1) is 13.6. The maximum absolute atomic E-state index is 13.1. The zero-order chi connectivity index (χ0) is 19.7. The van der Waals surface area contributed by atoms with Gasteiger partial charge in [-0.05, 0) is 36.4 Å². The Morgan fingerprint density at radius 2 is 1.86 bits per heavy atom. The normalized spacial score (nSPS) is 10.8. The molecule has 0 fully saturated rings. The average molecular weight is 397 g/mol. The molecule has 28 heavy (non-hydrogen) atoms. The molecule has 6 nitrogen and oxygen atoms in total. The monoisotopic (exact) mass is 397 g/mol. The first-order valence-electron chi connectivity index (χ1n) is 8.35. The van der Waals surface area contributed by atoms with Crippen molar-refractivity contribution in [2.45, 2.75) is 0 Å². The highest BCUT2D eigenvalue weighted by molar-refractivity contribution is 7.15. The zero-order valence-electron chi connectivity index (χ0n) is 15.1. The van der Waals surface area contributed by atoms with Crippen LogP contribution < -0.4 is 14.8 Å². The van der Waals surface area contributed by atoms with Crippen LogP contribution in [0.2, 0.25) is 0 Å². The minimum atomic E-state index is -0.306. The third-order valence-corrected chi connectivity index (χ3v) is 5.06. The number of aromatic nitrogens is 2. The summed E-state index contributed by atoms with van der Waals surface area (Å²) in [6.07, 6.45) is 1.77. The standard InChI is InChI=1S/C20H16FN3O3S/c1-26-17-8-7-14(9-18(17)27-2)22-19(25)16-11-28-20-23-15(10-24(16)20)12-3-5-13(21)6-4-12/h3-11H,1-2H3,(H,22,25). The summed E-state index contributed by atoms with van der Waals surface area (Å²) in [6, 6.07) is 11.2. The Morgan fingerprint density at radius 3 is 2.57 bits per heavy atom. The second kappa shape index (κ2) is 7.32. The molecule has 0 atom stereocenters. The smallest absolute Gasteiger partial charge is 0.273 e. The molecular formula is C20H16FN3O3S. The Kier molecular flexibility index (Phi) is 4.70. The number of hydrogen-bond acceptors (Lipinski definition) is 5. The van der Waals surface area contributed by atoms with Crippen LogP contribution in [0.1, 0.15) is 10.5 Å². The maximum Gasteiger partial charge on any atom is 0.273 e. The first kappa shape index (κ1) is 18.0. The molecule has 8 heteroatoms. The number of rotatable bonds is 5. The van der Waals surface area contributed by atoms with Gasteiger partial charge in [0.15, 0.2) is 16.5 Å². The molecule has 4 rings (SSSR count). The Bertz CT molecular complexity index is 1150. The number of imidazole rings is 1. The Hall–Kier alpha value is -3.39. The van der Waals surface area contributed by atoms with Gasteiger partial charge in [0, 0.05) is 28.9 Å². The van der Waals surface area contributed by atoms with Crippen molar-refractivity contribution in [2.75, 3.05) is 19.5 Å². The SMILES string of the molecule is COc1ccc(NC(=O)c2csc3nc(-c4ccc(F)cc4)cn23)cc1OC. The predicted molar refractivity (Wildman–Crippen MR) is 106 cm³/mol. The summed E-state index contributed by atoms with van der Waals surface area (Å²) in [6.45, 7) is 0. The first-order valence-corrected chi connectivity index (χ1v) is 9.23. The molecule has 0 bridgehead atoms. The van der Waals surface area contributed by atoms with E-state index >= 15 is 0 Å². The zero-order valence-corrected chi connectivity index (χ0v) is 15.9. The van der Waals surface area contributed by atoms with Gasteiger partial charge >= 0.3 is 0 Å². The molecule has 0 saturated heterocycles. The largest absolute Gasteiger partial charge is 0.493 e. The number of carbonyl (C=O) groups is 1. The minimum absolute atomic E-state index is 0.276. The van der Waals surface area contributed by atoms with Crippen molar-refractivity contribution in [1.82, 2.24) is 9.38 Å². The van der Waals surface area contributed by atoms with Gasteiger partial charge < -0.3 is 14.8 Å². The lowest BCUT2D eigenvalue weighted by atomic mass is 10.2. The van der Waals surface area contributed by atoms with E-state index in [9.17, 15) is 9.18 Å². The van der Waals surface area contributed by atoms with Crippen LogP contribution in [0.5, 0.6) is 11.5 Å². The van der Waals surface area contributed by atoms with Crippen LogP contribution in [0.15, 0.2) is 54.0 Å². The number of benzene rings is 2. The number of amides is 1. The van der Waals surface area contributed by atoms with Gasteiger partial charge in [0.05, 0.1) is 19.9 Å². The van der Waals surface area contributed by atoms with Crippen LogP contribution in [0, 0.1) is 5.82 Å². The summed E-state index contributed by atoms with van der Waals surface area (Å²) in [5, 5.41) is 4.60. The molecule has 1 N–H and O–H groups in total. The van der Waals surface area contributed by atoms with Crippen molar-refractivity contribution in [2.24, 2.45) is 0 Å². The summed E-state index contributed by atoms with van der Waals surface area (Å²) < 4.78 is 25.3. The highest BCUT2D eigenvalue weighted by Gasteiger charge is 2.16. The van der Waals surface area contributed by atoms with E-state index in [1.165, 1.54) is 30.6 Å². The highest BCUT2D eigenvalue weighted by atomic mass is 32.1. The van der Waals surface area contributed by atoms with E-state index in [1.54, 1.807) is 53.4 Å². The third kappa shape index (κ3) is 3.29. The molecule has 2 aromatic carbocycles. The van der Waals surface area contributed by atoms with E-state index < -0.39 is 0 Å². The summed E-state index contributed by atoms with van der Waals surface area (Å²) in [4.78, 5) is 18.0. The lowest BCUT2D eigenvalue weighted by Crippen LogP contribution is -2.14. The Labute approximate surface area is 164 Å². The van der Waals surface area contributed by atoms with Gasteiger partial charge in [-0.15, -0.1) is 11.3 Å². The van der Waals surface area contributed by atoms with E-state index in [1.807, 2.05) is 0 Å². The van der Waals surface area contributed by atoms with E-state index in [0.717, 1.165) is 5.56 Å². The van der Waals surface area contributed by atoms with Gasteiger partial charge in [-0.25, -0.2) is 9.37 Å². The predicted octanol–water partition coefficient (Wildman–Crippen LogP) is 4.47. The van der Waals surface area contributed by atoms with Crippen LogP contribution >= 0.6 is 11.3 Å². The number of methoxy groups -OCH3 is 2. The van der Waals surface area contributed by atoms with Gasteiger partial charge in [-0.3, -0.25) is 9.20 Å². The molecule has 0 saturated carbocycles. The van der Waals surface area contributed by atoms with Crippen molar-refractivity contribution < 1.29 is 18.7 Å². The van der Waals surface area contributed by atoms with Crippen molar-refractivity contribution in [3.05, 3.63) is 65.6 Å². The van der Waals surface area contributed by atoms with Gasteiger partial charge in [0.2, 0.25) is 0 Å². The van der Waals surface area contributed by atoms with Crippen LogP contribution in [0.3, 0.4) is 0 Å². The minimum Gasteiger partial charge on any atom is -0.493 e. The number of halogens is 1. The van der Waals surface area contributed by atoms with E-state index in [-0.39, 0.29) is 11.7 Å². The number of fused-ring (bicyclic) bond motifs is 1. The number of nitrogens with one attached hydrogen (secondary N) is 1.